The van der Waals surface area contributed by atoms with E-state index in [0.717, 1.165) is 22.5 Å². The standard InChI is InChI=1S/C21H19ClN4O3/c1-24(21(27)18-11-19(18)26(28)29)12-15-13-25(17-5-3-2-4-6-17)23-20(15)14-7-9-16(22)10-8-14/h2-10,13,18-19H,11-12H2,1H3/t18-,19+/m1/s1. The van der Waals surface area contributed by atoms with E-state index in [1.54, 1.807) is 28.8 Å². The molecule has 1 aliphatic rings. The summed E-state index contributed by atoms with van der Waals surface area (Å²) in [5.41, 5.74) is 3.38. The molecule has 29 heavy (non-hydrogen) atoms. The first-order chi connectivity index (χ1) is 13.9. The molecule has 2 atom stereocenters. The Morgan fingerprint density at radius 2 is 1.93 bits per heavy atom. The molecule has 1 amide bonds. The van der Waals surface area contributed by atoms with E-state index in [2.05, 4.69) is 0 Å². The van der Waals surface area contributed by atoms with Gasteiger partial charge in [-0.05, 0) is 24.3 Å². The summed E-state index contributed by atoms with van der Waals surface area (Å²) in [7, 11) is 1.67. The van der Waals surface area contributed by atoms with Crippen molar-refractivity contribution in [2.45, 2.75) is 19.0 Å². The summed E-state index contributed by atoms with van der Waals surface area (Å²) in [5.74, 6) is -0.737. The van der Waals surface area contributed by atoms with Gasteiger partial charge in [-0.2, -0.15) is 5.10 Å². The quantitative estimate of drug-likeness (QED) is 0.457. The molecule has 8 heteroatoms. The van der Waals surface area contributed by atoms with Gasteiger partial charge in [0.2, 0.25) is 11.9 Å². The predicted octanol–water partition coefficient (Wildman–Crippen LogP) is 3.82. The van der Waals surface area contributed by atoms with Crippen LogP contribution in [0.15, 0.2) is 60.8 Å². The van der Waals surface area contributed by atoms with Gasteiger partial charge in [-0.15, -0.1) is 0 Å². The van der Waals surface area contributed by atoms with Crippen LogP contribution in [0.1, 0.15) is 12.0 Å². The van der Waals surface area contributed by atoms with E-state index in [0.29, 0.717) is 18.0 Å². The normalized spacial score (nSPS) is 17.7. The van der Waals surface area contributed by atoms with Crippen molar-refractivity contribution in [1.29, 1.82) is 0 Å². The van der Waals surface area contributed by atoms with E-state index in [1.807, 2.05) is 48.7 Å². The van der Waals surface area contributed by atoms with E-state index in [1.165, 1.54) is 0 Å². The Balaban J connectivity index is 1.64. The highest BCUT2D eigenvalue weighted by atomic mass is 35.5. The molecule has 2 aromatic carbocycles. The van der Waals surface area contributed by atoms with Gasteiger partial charge in [0.05, 0.1) is 11.4 Å². The van der Waals surface area contributed by atoms with Gasteiger partial charge in [0.15, 0.2) is 0 Å². The maximum atomic E-state index is 12.6. The molecule has 3 aromatic rings. The molecule has 1 saturated carbocycles. The minimum atomic E-state index is -0.757. The summed E-state index contributed by atoms with van der Waals surface area (Å²) in [5, 5.41) is 16.2. The van der Waals surface area contributed by atoms with Crippen LogP contribution in [-0.4, -0.2) is 38.6 Å². The second kappa shape index (κ2) is 7.67. The number of halogens is 1. The van der Waals surface area contributed by atoms with Crippen molar-refractivity contribution in [2.75, 3.05) is 7.05 Å². The number of nitrogens with zero attached hydrogens (tertiary/aromatic N) is 4. The lowest BCUT2D eigenvalue weighted by molar-refractivity contribution is -0.497. The molecular weight excluding hydrogens is 392 g/mol. The molecule has 7 nitrogen and oxygen atoms in total. The average molecular weight is 411 g/mol. The van der Waals surface area contributed by atoms with E-state index in [4.69, 9.17) is 16.7 Å². The number of hydrogen-bond acceptors (Lipinski definition) is 4. The summed E-state index contributed by atoms with van der Waals surface area (Å²) in [4.78, 5) is 24.6. The van der Waals surface area contributed by atoms with Gasteiger partial charge in [0.1, 0.15) is 5.92 Å². The van der Waals surface area contributed by atoms with E-state index in [9.17, 15) is 14.9 Å². The van der Waals surface area contributed by atoms with Crippen LogP contribution in [0.25, 0.3) is 16.9 Å². The Labute approximate surface area is 172 Å². The van der Waals surface area contributed by atoms with Crippen molar-refractivity contribution in [3.63, 3.8) is 0 Å². The second-order valence-corrected chi connectivity index (χ2v) is 7.62. The minimum Gasteiger partial charge on any atom is -0.341 e. The maximum Gasteiger partial charge on any atom is 0.232 e. The van der Waals surface area contributed by atoms with Gasteiger partial charge in [0.25, 0.3) is 0 Å². The first kappa shape index (κ1) is 19.1. The molecule has 148 valence electrons. The Morgan fingerprint density at radius 3 is 2.55 bits per heavy atom. The molecule has 0 saturated heterocycles. The molecule has 4 rings (SSSR count). The van der Waals surface area contributed by atoms with Crippen LogP contribution in [0.2, 0.25) is 5.02 Å². The number of hydrogen-bond donors (Lipinski definition) is 0. The van der Waals surface area contributed by atoms with Crippen LogP contribution in [0, 0.1) is 16.0 Å². The molecule has 0 radical (unpaired) electrons. The van der Waals surface area contributed by atoms with Gasteiger partial charge >= 0.3 is 0 Å². The molecule has 0 N–H and O–H groups in total. The van der Waals surface area contributed by atoms with Crippen molar-refractivity contribution in [3.8, 4) is 16.9 Å². The zero-order chi connectivity index (χ0) is 20.5. The highest BCUT2D eigenvalue weighted by molar-refractivity contribution is 6.30. The SMILES string of the molecule is CN(Cc1cn(-c2ccccc2)nc1-c1ccc(Cl)cc1)C(=O)[C@@H]1C[C@@H]1[N+](=O)[O-]. The number of para-hydroxylation sites is 1. The van der Waals surface area contributed by atoms with E-state index < -0.39 is 12.0 Å². The number of carbonyl (C=O) groups excluding carboxylic acids is 1. The number of amides is 1. The van der Waals surface area contributed by atoms with E-state index >= 15 is 0 Å². The zero-order valence-electron chi connectivity index (χ0n) is 15.7. The Morgan fingerprint density at radius 1 is 1.24 bits per heavy atom. The monoisotopic (exact) mass is 410 g/mol. The predicted molar refractivity (Wildman–Crippen MR) is 109 cm³/mol. The fraction of sp³-hybridized carbons (Fsp3) is 0.238. The van der Waals surface area contributed by atoms with Crippen LogP contribution in [-0.2, 0) is 11.3 Å². The van der Waals surface area contributed by atoms with Gasteiger partial charge in [0, 0.05) is 47.3 Å². The van der Waals surface area contributed by atoms with Crippen molar-refractivity contribution >= 4 is 17.5 Å². The number of aromatic nitrogens is 2. The van der Waals surface area contributed by atoms with Crippen LogP contribution in [0.3, 0.4) is 0 Å². The van der Waals surface area contributed by atoms with Gasteiger partial charge in [-0.25, -0.2) is 4.68 Å². The van der Waals surface area contributed by atoms with Crippen molar-refractivity contribution < 1.29 is 9.72 Å². The molecule has 0 unspecified atom stereocenters. The van der Waals surface area contributed by atoms with Gasteiger partial charge < -0.3 is 4.90 Å². The van der Waals surface area contributed by atoms with Crippen LogP contribution < -0.4 is 0 Å². The van der Waals surface area contributed by atoms with Crippen molar-refractivity contribution in [3.05, 3.63) is 81.5 Å². The number of carbonyl (C=O) groups is 1. The summed E-state index contributed by atoms with van der Waals surface area (Å²) in [6, 6.07) is 16.3. The number of rotatable bonds is 6. The van der Waals surface area contributed by atoms with Crippen molar-refractivity contribution in [1.82, 2.24) is 14.7 Å². The summed E-state index contributed by atoms with van der Waals surface area (Å²) in [6.45, 7) is 0.310. The van der Waals surface area contributed by atoms with Crippen molar-refractivity contribution in [2.24, 2.45) is 5.92 Å². The third kappa shape index (κ3) is 4.00. The molecule has 1 heterocycles. The van der Waals surface area contributed by atoms with Gasteiger partial charge in [-0.1, -0.05) is 41.9 Å². The fourth-order valence-corrected chi connectivity index (χ4v) is 3.51. The lowest BCUT2D eigenvalue weighted by Gasteiger charge is -2.16. The molecule has 0 bridgehead atoms. The minimum absolute atomic E-state index is 0.207. The highest BCUT2D eigenvalue weighted by Gasteiger charge is 2.54. The first-order valence-corrected chi connectivity index (χ1v) is 9.60. The fourth-order valence-electron chi connectivity index (χ4n) is 3.39. The summed E-state index contributed by atoms with van der Waals surface area (Å²) >= 11 is 6.01. The third-order valence-electron chi connectivity index (χ3n) is 5.06. The summed E-state index contributed by atoms with van der Waals surface area (Å²) in [6.07, 6.45) is 2.20. The number of nitro groups is 1. The molecule has 0 spiro atoms. The molecule has 1 fully saturated rings. The zero-order valence-corrected chi connectivity index (χ0v) is 16.5. The van der Waals surface area contributed by atoms with E-state index in [-0.39, 0.29) is 10.8 Å². The summed E-state index contributed by atoms with van der Waals surface area (Å²) < 4.78 is 1.77. The smallest absolute Gasteiger partial charge is 0.232 e. The third-order valence-corrected chi connectivity index (χ3v) is 5.31. The molecular formula is C21H19ClN4O3. The Kier molecular flexibility index (Phi) is 5.07. The van der Waals surface area contributed by atoms with Crippen LogP contribution in [0.5, 0.6) is 0 Å². The molecule has 0 aliphatic heterocycles. The Bertz CT molecular complexity index is 1050. The maximum absolute atomic E-state index is 12.6. The van der Waals surface area contributed by atoms with Crippen LogP contribution in [0.4, 0.5) is 0 Å². The average Bonchev–Trinajstić information content (AvgIpc) is 3.43. The van der Waals surface area contributed by atoms with Crippen LogP contribution >= 0.6 is 11.6 Å². The highest BCUT2D eigenvalue weighted by Crippen LogP contribution is 2.35. The second-order valence-electron chi connectivity index (χ2n) is 7.18. The topological polar surface area (TPSA) is 81.3 Å². The lowest BCUT2D eigenvalue weighted by atomic mass is 10.1. The molecule has 1 aromatic heterocycles. The lowest BCUT2D eigenvalue weighted by Crippen LogP contribution is -2.29. The largest absolute Gasteiger partial charge is 0.341 e. The molecule has 1 aliphatic carbocycles. The first-order valence-electron chi connectivity index (χ1n) is 9.22. The van der Waals surface area contributed by atoms with Gasteiger partial charge in [-0.3, -0.25) is 14.9 Å². The Hall–Kier alpha value is -3.19. The number of benzene rings is 2.